The van der Waals surface area contributed by atoms with Crippen molar-refractivity contribution < 1.29 is 9.90 Å². The lowest BCUT2D eigenvalue weighted by molar-refractivity contribution is 0.0172. The molecular formula is C16H24N4O2. The van der Waals surface area contributed by atoms with Crippen LogP contribution in [0.4, 0.5) is 5.82 Å². The van der Waals surface area contributed by atoms with Gasteiger partial charge in [-0.2, -0.15) is 0 Å². The Morgan fingerprint density at radius 1 is 1.23 bits per heavy atom. The van der Waals surface area contributed by atoms with Crippen molar-refractivity contribution >= 4 is 11.7 Å². The molecule has 0 spiro atoms. The molecule has 1 aromatic rings. The van der Waals surface area contributed by atoms with Crippen LogP contribution in [0.2, 0.25) is 0 Å². The molecule has 0 bridgehead atoms. The second-order valence-corrected chi connectivity index (χ2v) is 6.18. The molecule has 120 valence electrons. The summed E-state index contributed by atoms with van der Waals surface area (Å²) in [5.41, 5.74) is 5.91. The number of nitrogens with two attached hydrogens (primary N) is 1. The van der Waals surface area contributed by atoms with Crippen LogP contribution in [0.3, 0.4) is 0 Å². The van der Waals surface area contributed by atoms with E-state index in [4.69, 9.17) is 5.73 Å². The van der Waals surface area contributed by atoms with Crippen molar-refractivity contribution in [1.82, 2.24) is 9.88 Å². The summed E-state index contributed by atoms with van der Waals surface area (Å²) in [6.45, 7) is 3.38. The van der Waals surface area contributed by atoms with Gasteiger partial charge in [-0.3, -0.25) is 9.69 Å². The van der Waals surface area contributed by atoms with E-state index in [0.717, 1.165) is 45.4 Å². The average molecular weight is 304 g/mol. The van der Waals surface area contributed by atoms with Gasteiger partial charge in [0.2, 0.25) is 0 Å². The maximum atomic E-state index is 11.5. The number of aromatic nitrogens is 1. The number of carbonyl (C=O) groups is 1. The number of nitrogens with zero attached hydrogens (tertiary/aromatic N) is 3. The molecule has 2 atom stereocenters. The fourth-order valence-corrected chi connectivity index (χ4v) is 3.62. The van der Waals surface area contributed by atoms with Crippen molar-refractivity contribution in [3.05, 3.63) is 23.9 Å². The van der Waals surface area contributed by atoms with Crippen molar-refractivity contribution in [2.24, 2.45) is 5.73 Å². The van der Waals surface area contributed by atoms with Crippen LogP contribution in [0.1, 0.15) is 36.0 Å². The van der Waals surface area contributed by atoms with Gasteiger partial charge in [0.05, 0.1) is 11.7 Å². The Labute approximate surface area is 130 Å². The maximum absolute atomic E-state index is 11.5. The highest BCUT2D eigenvalue weighted by atomic mass is 16.3. The highest BCUT2D eigenvalue weighted by Gasteiger charge is 2.31. The monoisotopic (exact) mass is 304 g/mol. The smallest absolute Gasteiger partial charge is 0.252 e. The first kappa shape index (κ1) is 15.2. The number of primary amides is 1. The number of hydrogen-bond donors (Lipinski definition) is 2. The molecule has 2 heterocycles. The van der Waals surface area contributed by atoms with Gasteiger partial charge in [0.25, 0.3) is 5.91 Å². The van der Waals surface area contributed by atoms with E-state index in [0.29, 0.717) is 11.4 Å². The SMILES string of the molecule is NC(=O)c1cccnc1N1CCN(C2CCCCC2O)CC1. The van der Waals surface area contributed by atoms with E-state index in [-0.39, 0.29) is 12.1 Å². The summed E-state index contributed by atoms with van der Waals surface area (Å²) in [6.07, 6.45) is 5.82. The molecule has 6 nitrogen and oxygen atoms in total. The van der Waals surface area contributed by atoms with Gasteiger partial charge in [-0.1, -0.05) is 12.8 Å². The van der Waals surface area contributed by atoms with Crippen LogP contribution >= 0.6 is 0 Å². The Morgan fingerprint density at radius 2 is 1.95 bits per heavy atom. The average Bonchev–Trinajstić information content (AvgIpc) is 2.55. The van der Waals surface area contributed by atoms with Crippen LogP contribution in [0.25, 0.3) is 0 Å². The first-order chi connectivity index (χ1) is 10.7. The summed E-state index contributed by atoms with van der Waals surface area (Å²) in [5, 5.41) is 10.2. The van der Waals surface area contributed by atoms with Crippen LogP contribution in [0.5, 0.6) is 0 Å². The molecule has 1 aromatic heterocycles. The lowest BCUT2D eigenvalue weighted by Crippen LogP contribution is -2.54. The van der Waals surface area contributed by atoms with Crippen molar-refractivity contribution in [1.29, 1.82) is 0 Å². The molecule has 6 heteroatoms. The standard InChI is InChI=1S/C16H24N4O2/c17-15(22)12-4-3-7-18-16(12)20-10-8-19(9-11-20)13-5-1-2-6-14(13)21/h3-4,7,13-14,21H,1-2,5-6,8-11H2,(H2,17,22). The second kappa shape index (κ2) is 6.62. The van der Waals surface area contributed by atoms with Gasteiger partial charge in [0.1, 0.15) is 5.82 Å². The summed E-state index contributed by atoms with van der Waals surface area (Å²) < 4.78 is 0. The number of hydrogen-bond acceptors (Lipinski definition) is 5. The Balaban J connectivity index is 1.66. The minimum Gasteiger partial charge on any atom is -0.391 e. The second-order valence-electron chi connectivity index (χ2n) is 6.18. The molecule has 1 aliphatic heterocycles. The van der Waals surface area contributed by atoms with E-state index in [2.05, 4.69) is 14.8 Å². The van der Waals surface area contributed by atoms with Gasteiger partial charge < -0.3 is 15.7 Å². The molecule has 3 N–H and O–H groups in total. The molecule has 2 fully saturated rings. The lowest BCUT2D eigenvalue weighted by atomic mass is 9.91. The zero-order chi connectivity index (χ0) is 15.5. The summed E-state index contributed by atoms with van der Waals surface area (Å²) >= 11 is 0. The number of pyridine rings is 1. The number of anilines is 1. The minimum atomic E-state index is -0.437. The van der Waals surface area contributed by atoms with Crippen LogP contribution in [0.15, 0.2) is 18.3 Å². The zero-order valence-corrected chi connectivity index (χ0v) is 12.8. The predicted octanol–water partition coefficient (Wildman–Crippen LogP) is 0.606. The first-order valence-electron chi connectivity index (χ1n) is 8.08. The Bertz CT molecular complexity index is 529. The molecule has 1 saturated carbocycles. The number of piperazine rings is 1. The van der Waals surface area contributed by atoms with E-state index >= 15 is 0 Å². The van der Waals surface area contributed by atoms with Gasteiger partial charge in [-0.25, -0.2) is 4.98 Å². The first-order valence-corrected chi connectivity index (χ1v) is 8.08. The Morgan fingerprint density at radius 3 is 2.64 bits per heavy atom. The molecule has 2 aliphatic rings. The maximum Gasteiger partial charge on any atom is 0.252 e. The van der Waals surface area contributed by atoms with E-state index in [9.17, 15) is 9.90 Å². The molecule has 1 amide bonds. The van der Waals surface area contributed by atoms with Crippen molar-refractivity contribution in [3.8, 4) is 0 Å². The molecule has 1 aliphatic carbocycles. The number of rotatable bonds is 3. The van der Waals surface area contributed by atoms with Gasteiger partial charge in [-0.15, -0.1) is 0 Å². The number of aliphatic hydroxyl groups excluding tert-OH is 1. The van der Waals surface area contributed by atoms with Gasteiger partial charge in [0.15, 0.2) is 0 Å². The van der Waals surface area contributed by atoms with E-state index < -0.39 is 5.91 Å². The number of amides is 1. The van der Waals surface area contributed by atoms with E-state index in [1.807, 2.05) is 0 Å². The van der Waals surface area contributed by atoms with E-state index in [1.54, 1.807) is 18.3 Å². The number of aliphatic hydroxyl groups is 1. The fraction of sp³-hybridized carbons (Fsp3) is 0.625. The third-order valence-electron chi connectivity index (χ3n) is 4.83. The summed E-state index contributed by atoms with van der Waals surface area (Å²) in [4.78, 5) is 20.4. The van der Waals surface area contributed by atoms with Crippen LogP contribution in [-0.2, 0) is 0 Å². The quantitative estimate of drug-likeness (QED) is 0.855. The van der Waals surface area contributed by atoms with Crippen LogP contribution in [-0.4, -0.2) is 59.2 Å². The third kappa shape index (κ3) is 3.08. The normalized spacial score (nSPS) is 26.9. The largest absolute Gasteiger partial charge is 0.391 e. The van der Waals surface area contributed by atoms with Crippen LogP contribution in [0, 0.1) is 0 Å². The van der Waals surface area contributed by atoms with Crippen LogP contribution < -0.4 is 10.6 Å². The van der Waals surface area contributed by atoms with Crippen molar-refractivity contribution in [2.75, 3.05) is 31.1 Å². The van der Waals surface area contributed by atoms with Crippen molar-refractivity contribution in [3.63, 3.8) is 0 Å². The fourth-order valence-electron chi connectivity index (χ4n) is 3.62. The number of carbonyl (C=O) groups excluding carboxylic acids is 1. The van der Waals surface area contributed by atoms with E-state index in [1.165, 1.54) is 6.42 Å². The molecule has 0 radical (unpaired) electrons. The highest BCUT2D eigenvalue weighted by molar-refractivity contribution is 5.97. The molecule has 22 heavy (non-hydrogen) atoms. The van der Waals surface area contributed by atoms with Gasteiger partial charge >= 0.3 is 0 Å². The summed E-state index contributed by atoms with van der Waals surface area (Å²) in [5.74, 6) is 0.243. The molecule has 2 unspecified atom stereocenters. The van der Waals surface area contributed by atoms with Gasteiger partial charge in [-0.05, 0) is 25.0 Å². The summed E-state index contributed by atoms with van der Waals surface area (Å²) in [6, 6.07) is 3.75. The molecule has 3 rings (SSSR count). The Kier molecular flexibility index (Phi) is 4.59. The molecule has 0 aromatic carbocycles. The molecular weight excluding hydrogens is 280 g/mol. The predicted molar refractivity (Wildman–Crippen MR) is 84.8 cm³/mol. The molecule has 1 saturated heterocycles. The lowest BCUT2D eigenvalue weighted by Gasteiger charge is -2.43. The minimum absolute atomic E-state index is 0.198. The summed E-state index contributed by atoms with van der Waals surface area (Å²) in [7, 11) is 0. The highest BCUT2D eigenvalue weighted by Crippen LogP contribution is 2.25. The Hall–Kier alpha value is -1.66. The van der Waals surface area contributed by atoms with Gasteiger partial charge in [0, 0.05) is 38.4 Å². The topological polar surface area (TPSA) is 82.7 Å². The zero-order valence-electron chi connectivity index (χ0n) is 12.8. The van der Waals surface area contributed by atoms with Crippen molar-refractivity contribution in [2.45, 2.75) is 37.8 Å². The third-order valence-corrected chi connectivity index (χ3v) is 4.83.